The average Bonchev–Trinajstić information content (AvgIpc) is 2.83. The van der Waals surface area contributed by atoms with Crippen LogP contribution in [-0.2, 0) is 26.2 Å². The van der Waals surface area contributed by atoms with Crippen LogP contribution in [0.4, 0.5) is 22.0 Å². The number of rotatable bonds is 5. The van der Waals surface area contributed by atoms with E-state index in [1.165, 1.54) is 12.1 Å². The second-order valence-electron chi connectivity index (χ2n) is 5.61. The fraction of sp³-hybridized carbons (Fsp3) is 0.429. The van der Waals surface area contributed by atoms with Crippen LogP contribution in [-0.4, -0.2) is 36.7 Å². The van der Waals surface area contributed by atoms with Crippen molar-refractivity contribution in [3.8, 4) is 0 Å². The lowest BCUT2D eigenvalue weighted by Gasteiger charge is -2.25. The van der Waals surface area contributed by atoms with E-state index in [1.54, 1.807) is 0 Å². The molecule has 1 saturated heterocycles. The Balaban J connectivity index is 2.10. The van der Waals surface area contributed by atoms with Crippen LogP contribution >= 0.6 is 0 Å². The Kier molecular flexibility index (Phi) is 5.54. The summed E-state index contributed by atoms with van der Waals surface area (Å²) in [6, 6.07) is 2.37. The standard InChI is InChI=1S/C14H13F5N2O4S/c15-10-3-1-2-8(13(10)16)7-21-9(4-5-12(21)23)6-11(22)20-26(24,25)14(17,18)19/h1-3,9H,4-7H2,(H,20,22). The number of benzene rings is 1. The van der Waals surface area contributed by atoms with E-state index in [1.807, 2.05) is 0 Å². The number of likely N-dealkylation sites (tertiary alicyclic amines) is 1. The third kappa shape index (κ3) is 4.29. The molecule has 0 saturated carbocycles. The van der Waals surface area contributed by atoms with E-state index in [9.17, 15) is 40.0 Å². The summed E-state index contributed by atoms with van der Waals surface area (Å²) in [5, 5.41) is 0. The van der Waals surface area contributed by atoms with Crippen molar-refractivity contribution in [2.75, 3.05) is 0 Å². The third-order valence-corrected chi connectivity index (χ3v) is 4.90. The maximum Gasteiger partial charge on any atom is 0.516 e. The van der Waals surface area contributed by atoms with Crippen molar-refractivity contribution < 1.29 is 40.0 Å². The molecule has 1 aromatic rings. The topological polar surface area (TPSA) is 83.6 Å². The monoisotopic (exact) mass is 400 g/mol. The first-order valence-electron chi connectivity index (χ1n) is 7.26. The molecular weight excluding hydrogens is 387 g/mol. The molecule has 6 nitrogen and oxygen atoms in total. The summed E-state index contributed by atoms with van der Waals surface area (Å²) in [6.45, 7) is -0.396. The summed E-state index contributed by atoms with van der Waals surface area (Å²) in [4.78, 5) is 24.5. The van der Waals surface area contributed by atoms with Gasteiger partial charge in [0.05, 0.1) is 0 Å². The first-order valence-corrected chi connectivity index (χ1v) is 8.75. The summed E-state index contributed by atoms with van der Waals surface area (Å²) in [5.41, 5.74) is -5.83. The van der Waals surface area contributed by atoms with Crippen LogP contribution in [0.5, 0.6) is 0 Å². The van der Waals surface area contributed by atoms with Gasteiger partial charge in [0.15, 0.2) is 11.6 Å². The van der Waals surface area contributed by atoms with E-state index in [-0.39, 0.29) is 18.4 Å². The summed E-state index contributed by atoms with van der Waals surface area (Å²) in [7, 11) is -5.85. The number of hydrogen-bond acceptors (Lipinski definition) is 4. The molecule has 0 aromatic heterocycles. The zero-order valence-corrected chi connectivity index (χ0v) is 13.8. The molecular formula is C14H13F5N2O4S. The lowest BCUT2D eigenvalue weighted by atomic mass is 10.1. The number of amides is 2. The first kappa shape index (κ1) is 20.1. The lowest BCUT2D eigenvalue weighted by Crippen LogP contribution is -2.43. The van der Waals surface area contributed by atoms with Crippen LogP contribution < -0.4 is 4.72 Å². The van der Waals surface area contributed by atoms with E-state index in [2.05, 4.69) is 0 Å². The largest absolute Gasteiger partial charge is 0.516 e. The van der Waals surface area contributed by atoms with Crippen molar-refractivity contribution in [1.82, 2.24) is 9.62 Å². The van der Waals surface area contributed by atoms with Gasteiger partial charge in [0.25, 0.3) is 0 Å². The number of hydrogen-bond donors (Lipinski definition) is 1. The number of alkyl halides is 3. The zero-order valence-electron chi connectivity index (χ0n) is 13.0. The van der Waals surface area contributed by atoms with Gasteiger partial charge in [0.2, 0.25) is 11.8 Å². The normalized spacial score (nSPS) is 18.3. The third-order valence-electron chi connectivity index (χ3n) is 3.80. The number of carbonyl (C=O) groups is 2. The van der Waals surface area contributed by atoms with Gasteiger partial charge in [-0.3, -0.25) is 9.59 Å². The van der Waals surface area contributed by atoms with E-state index in [4.69, 9.17) is 0 Å². The second-order valence-corrected chi connectivity index (χ2v) is 7.28. The molecule has 0 radical (unpaired) electrons. The molecule has 0 spiro atoms. The molecule has 0 aliphatic carbocycles. The van der Waals surface area contributed by atoms with Gasteiger partial charge in [-0.2, -0.15) is 21.6 Å². The van der Waals surface area contributed by atoms with Gasteiger partial charge in [-0.15, -0.1) is 0 Å². The van der Waals surface area contributed by atoms with E-state index in [0.717, 1.165) is 15.7 Å². The van der Waals surface area contributed by atoms with Crippen molar-refractivity contribution in [3.05, 3.63) is 35.4 Å². The molecule has 26 heavy (non-hydrogen) atoms. The highest BCUT2D eigenvalue weighted by Crippen LogP contribution is 2.26. The highest BCUT2D eigenvalue weighted by Gasteiger charge is 2.47. The minimum atomic E-state index is -5.85. The molecule has 2 rings (SSSR count). The number of carbonyl (C=O) groups excluding carboxylic acids is 2. The molecule has 1 fully saturated rings. The van der Waals surface area contributed by atoms with Crippen molar-refractivity contribution >= 4 is 21.8 Å². The van der Waals surface area contributed by atoms with Gasteiger partial charge >= 0.3 is 15.5 Å². The average molecular weight is 400 g/mol. The Morgan fingerprint density at radius 1 is 1.27 bits per heavy atom. The van der Waals surface area contributed by atoms with Crippen LogP contribution in [0.1, 0.15) is 24.8 Å². The van der Waals surface area contributed by atoms with Gasteiger partial charge in [-0.05, 0) is 12.5 Å². The van der Waals surface area contributed by atoms with Gasteiger partial charge in [0, 0.05) is 31.0 Å². The van der Waals surface area contributed by atoms with Gasteiger partial charge in [0.1, 0.15) is 0 Å². The van der Waals surface area contributed by atoms with Crippen molar-refractivity contribution in [2.45, 2.75) is 37.4 Å². The van der Waals surface area contributed by atoms with Gasteiger partial charge in [-0.25, -0.2) is 13.5 Å². The quantitative estimate of drug-likeness (QED) is 0.765. The Morgan fingerprint density at radius 2 is 1.92 bits per heavy atom. The summed E-state index contributed by atoms with van der Waals surface area (Å²) in [5.74, 6) is -4.29. The SMILES string of the molecule is O=C(CC1CCC(=O)N1Cc1cccc(F)c1F)NS(=O)(=O)C(F)(F)F. The fourth-order valence-electron chi connectivity index (χ4n) is 2.54. The maximum absolute atomic E-state index is 13.7. The van der Waals surface area contributed by atoms with Gasteiger partial charge < -0.3 is 4.90 Å². The Hall–Kier alpha value is -2.24. The Morgan fingerprint density at radius 3 is 2.54 bits per heavy atom. The minimum Gasteiger partial charge on any atom is -0.335 e. The highest BCUT2D eigenvalue weighted by molar-refractivity contribution is 7.90. The van der Waals surface area contributed by atoms with Crippen molar-refractivity contribution in [2.24, 2.45) is 0 Å². The minimum absolute atomic E-state index is 0.0547. The molecule has 1 unspecified atom stereocenters. The van der Waals surface area contributed by atoms with Crippen LogP contribution in [0.2, 0.25) is 0 Å². The smallest absolute Gasteiger partial charge is 0.335 e. The Bertz CT molecular complexity index is 825. The predicted octanol–water partition coefficient (Wildman–Crippen LogP) is 1.81. The molecule has 2 amide bonds. The van der Waals surface area contributed by atoms with E-state index >= 15 is 0 Å². The maximum atomic E-state index is 13.7. The van der Waals surface area contributed by atoms with E-state index in [0.29, 0.717) is 0 Å². The molecule has 0 bridgehead atoms. The lowest BCUT2D eigenvalue weighted by molar-refractivity contribution is -0.130. The van der Waals surface area contributed by atoms with Crippen LogP contribution in [0.25, 0.3) is 0 Å². The van der Waals surface area contributed by atoms with E-state index < -0.39 is 58.0 Å². The fourth-order valence-corrected chi connectivity index (χ4v) is 3.04. The molecule has 1 heterocycles. The number of nitrogens with one attached hydrogen (secondary N) is 1. The second kappa shape index (κ2) is 7.17. The predicted molar refractivity (Wildman–Crippen MR) is 77.7 cm³/mol. The molecule has 1 N–H and O–H groups in total. The summed E-state index contributed by atoms with van der Waals surface area (Å²) < 4.78 is 86.5. The van der Waals surface area contributed by atoms with Crippen molar-refractivity contribution in [1.29, 1.82) is 0 Å². The first-order chi connectivity index (χ1) is 11.9. The number of halogens is 5. The summed E-state index contributed by atoms with van der Waals surface area (Å²) >= 11 is 0. The zero-order chi connectivity index (χ0) is 19.7. The molecule has 144 valence electrons. The Labute approximate surface area is 145 Å². The van der Waals surface area contributed by atoms with Crippen LogP contribution in [0.15, 0.2) is 18.2 Å². The number of sulfonamides is 1. The molecule has 1 aliphatic heterocycles. The van der Waals surface area contributed by atoms with Gasteiger partial charge in [-0.1, -0.05) is 12.1 Å². The highest BCUT2D eigenvalue weighted by atomic mass is 32.2. The van der Waals surface area contributed by atoms with Crippen LogP contribution in [0, 0.1) is 11.6 Å². The molecule has 1 atom stereocenters. The summed E-state index contributed by atoms with van der Waals surface area (Å²) in [6.07, 6.45) is -0.714. The van der Waals surface area contributed by atoms with Crippen LogP contribution in [0.3, 0.4) is 0 Å². The number of nitrogens with zero attached hydrogens (tertiary/aromatic N) is 1. The molecule has 12 heteroatoms. The molecule has 1 aromatic carbocycles. The molecule has 1 aliphatic rings. The van der Waals surface area contributed by atoms with Crippen molar-refractivity contribution in [3.63, 3.8) is 0 Å².